The molecule has 0 radical (unpaired) electrons. The standard InChI is InChI=1S/C18H17FN4O2S/c1-22-16(10-15(21-22)12-2-4-13(19)5-3-12)17(24)23-8-6-14(11-23)25-18-20-7-9-26-18/h2-5,7,9-10,14H,6,8,11H2,1H3. The zero-order chi connectivity index (χ0) is 18.1. The fraction of sp³-hybridized carbons (Fsp3) is 0.278. The number of thiazole rings is 1. The summed E-state index contributed by atoms with van der Waals surface area (Å²) in [5.74, 6) is -0.386. The van der Waals surface area contributed by atoms with Gasteiger partial charge in [0, 0.05) is 37.2 Å². The van der Waals surface area contributed by atoms with Gasteiger partial charge in [-0.25, -0.2) is 9.37 Å². The van der Waals surface area contributed by atoms with E-state index in [1.54, 1.807) is 41.0 Å². The third kappa shape index (κ3) is 3.32. The predicted octanol–water partition coefficient (Wildman–Crippen LogP) is 2.98. The van der Waals surface area contributed by atoms with E-state index < -0.39 is 0 Å². The smallest absolute Gasteiger partial charge is 0.273 e. The number of carbonyl (C=O) groups is 1. The van der Waals surface area contributed by atoms with Crippen LogP contribution in [-0.4, -0.2) is 44.8 Å². The van der Waals surface area contributed by atoms with Crippen LogP contribution in [0.5, 0.6) is 5.19 Å². The number of carbonyl (C=O) groups excluding carboxylic acids is 1. The summed E-state index contributed by atoms with van der Waals surface area (Å²) in [6.07, 6.45) is 2.42. The molecule has 1 fully saturated rings. The summed E-state index contributed by atoms with van der Waals surface area (Å²) in [5, 5.41) is 6.88. The maximum absolute atomic E-state index is 13.1. The van der Waals surface area contributed by atoms with Crippen molar-refractivity contribution in [2.24, 2.45) is 7.05 Å². The van der Waals surface area contributed by atoms with Crippen molar-refractivity contribution in [3.05, 3.63) is 53.4 Å². The monoisotopic (exact) mass is 372 g/mol. The number of hydrogen-bond donors (Lipinski definition) is 0. The number of rotatable bonds is 4. The van der Waals surface area contributed by atoms with Crippen molar-refractivity contribution in [3.8, 4) is 16.5 Å². The van der Waals surface area contributed by atoms with Gasteiger partial charge in [0.05, 0.1) is 12.2 Å². The van der Waals surface area contributed by atoms with Gasteiger partial charge in [0.15, 0.2) is 0 Å². The van der Waals surface area contributed by atoms with E-state index in [4.69, 9.17) is 4.74 Å². The average Bonchev–Trinajstić information content (AvgIpc) is 3.37. The summed E-state index contributed by atoms with van der Waals surface area (Å²) in [7, 11) is 1.74. The molecule has 8 heteroatoms. The highest BCUT2D eigenvalue weighted by atomic mass is 32.1. The molecule has 4 rings (SSSR count). The van der Waals surface area contributed by atoms with Crippen LogP contribution in [0.4, 0.5) is 4.39 Å². The fourth-order valence-electron chi connectivity index (χ4n) is 3.01. The number of hydrogen-bond acceptors (Lipinski definition) is 5. The topological polar surface area (TPSA) is 60.2 Å². The first kappa shape index (κ1) is 16.7. The van der Waals surface area contributed by atoms with Crippen LogP contribution in [0.15, 0.2) is 41.9 Å². The molecule has 134 valence electrons. The minimum Gasteiger partial charge on any atom is -0.465 e. The number of ether oxygens (including phenoxy) is 1. The predicted molar refractivity (Wildman–Crippen MR) is 95.7 cm³/mol. The van der Waals surface area contributed by atoms with Crippen molar-refractivity contribution >= 4 is 17.2 Å². The average molecular weight is 372 g/mol. The van der Waals surface area contributed by atoms with E-state index in [1.165, 1.54) is 23.5 Å². The van der Waals surface area contributed by atoms with Crippen LogP contribution in [0.3, 0.4) is 0 Å². The molecule has 1 aliphatic rings. The van der Waals surface area contributed by atoms with Gasteiger partial charge in [0.25, 0.3) is 11.1 Å². The van der Waals surface area contributed by atoms with Crippen molar-refractivity contribution in [1.29, 1.82) is 0 Å². The van der Waals surface area contributed by atoms with Gasteiger partial charge in [0.1, 0.15) is 17.6 Å². The van der Waals surface area contributed by atoms with E-state index >= 15 is 0 Å². The second-order valence-corrected chi connectivity index (χ2v) is 6.98. The minimum atomic E-state index is -0.302. The van der Waals surface area contributed by atoms with Crippen molar-refractivity contribution in [2.75, 3.05) is 13.1 Å². The first-order chi connectivity index (χ1) is 12.6. The Morgan fingerprint density at radius 1 is 1.35 bits per heavy atom. The number of benzene rings is 1. The minimum absolute atomic E-state index is 0.0464. The Labute approximate surface area is 153 Å². The Bertz CT molecular complexity index is 908. The van der Waals surface area contributed by atoms with Gasteiger partial charge in [-0.3, -0.25) is 9.48 Å². The van der Waals surface area contributed by atoms with Gasteiger partial charge in [0.2, 0.25) is 0 Å². The third-order valence-electron chi connectivity index (χ3n) is 4.35. The Morgan fingerprint density at radius 3 is 2.88 bits per heavy atom. The Hall–Kier alpha value is -2.74. The molecule has 0 saturated carbocycles. The molecule has 1 atom stereocenters. The number of amides is 1. The largest absolute Gasteiger partial charge is 0.465 e. The molecule has 3 heterocycles. The van der Waals surface area contributed by atoms with Crippen LogP contribution in [0.1, 0.15) is 16.9 Å². The molecule has 26 heavy (non-hydrogen) atoms. The zero-order valence-corrected chi connectivity index (χ0v) is 14.9. The summed E-state index contributed by atoms with van der Waals surface area (Å²) in [5.41, 5.74) is 1.91. The highest BCUT2D eigenvalue weighted by Gasteiger charge is 2.30. The van der Waals surface area contributed by atoms with Crippen molar-refractivity contribution < 1.29 is 13.9 Å². The first-order valence-corrected chi connectivity index (χ1v) is 9.13. The molecule has 1 aromatic carbocycles. The Kier molecular flexibility index (Phi) is 4.42. The molecule has 1 amide bonds. The van der Waals surface area contributed by atoms with E-state index in [0.717, 1.165) is 12.0 Å². The normalized spacial score (nSPS) is 16.8. The molecule has 3 aromatic rings. The van der Waals surface area contributed by atoms with Gasteiger partial charge in [-0.2, -0.15) is 5.10 Å². The fourth-order valence-corrected chi connectivity index (χ4v) is 3.56. The lowest BCUT2D eigenvalue weighted by atomic mass is 10.1. The van der Waals surface area contributed by atoms with Gasteiger partial charge in [-0.05, 0) is 30.3 Å². The van der Waals surface area contributed by atoms with Crippen LogP contribution in [-0.2, 0) is 7.05 Å². The molecule has 0 N–H and O–H groups in total. The van der Waals surface area contributed by atoms with E-state index in [2.05, 4.69) is 10.1 Å². The number of halogens is 1. The summed E-state index contributed by atoms with van der Waals surface area (Å²) in [6, 6.07) is 7.81. The Morgan fingerprint density at radius 2 is 2.15 bits per heavy atom. The molecular weight excluding hydrogens is 355 g/mol. The summed E-state index contributed by atoms with van der Waals surface area (Å²) in [6.45, 7) is 1.15. The van der Waals surface area contributed by atoms with Crippen molar-refractivity contribution in [3.63, 3.8) is 0 Å². The van der Waals surface area contributed by atoms with E-state index in [0.29, 0.717) is 29.7 Å². The molecule has 1 aliphatic heterocycles. The van der Waals surface area contributed by atoms with E-state index in [9.17, 15) is 9.18 Å². The number of aryl methyl sites for hydroxylation is 1. The number of likely N-dealkylation sites (tertiary alicyclic amines) is 1. The summed E-state index contributed by atoms with van der Waals surface area (Å²) < 4.78 is 20.5. The zero-order valence-electron chi connectivity index (χ0n) is 14.1. The molecular formula is C18H17FN4O2S. The van der Waals surface area contributed by atoms with Gasteiger partial charge < -0.3 is 9.64 Å². The Balaban J connectivity index is 1.47. The van der Waals surface area contributed by atoms with Crippen LogP contribution < -0.4 is 4.74 Å². The number of aromatic nitrogens is 3. The second kappa shape index (κ2) is 6.87. The quantitative estimate of drug-likeness (QED) is 0.706. The molecule has 1 saturated heterocycles. The highest BCUT2D eigenvalue weighted by Crippen LogP contribution is 2.23. The lowest BCUT2D eigenvalue weighted by molar-refractivity contribution is 0.0761. The molecule has 0 spiro atoms. The molecule has 2 aromatic heterocycles. The van der Waals surface area contributed by atoms with Crippen LogP contribution >= 0.6 is 11.3 Å². The van der Waals surface area contributed by atoms with Crippen LogP contribution in [0, 0.1) is 5.82 Å². The molecule has 0 bridgehead atoms. The summed E-state index contributed by atoms with van der Waals surface area (Å²) >= 11 is 1.44. The van der Waals surface area contributed by atoms with Gasteiger partial charge in [-0.1, -0.05) is 11.3 Å². The van der Waals surface area contributed by atoms with Crippen molar-refractivity contribution in [2.45, 2.75) is 12.5 Å². The first-order valence-electron chi connectivity index (χ1n) is 8.25. The second-order valence-electron chi connectivity index (χ2n) is 6.12. The van der Waals surface area contributed by atoms with E-state index in [-0.39, 0.29) is 17.8 Å². The van der Waals surface area contributed by atoms with Crippen LogP contribution in [0.25, 0.3) is 11.3 Å². The van der Waals surface area contributed by atoms with Gasteiger partial charge in [-0.15, -0.1) is 0 Å². The maximum atomic E-state index is 13.1. The molecule has 0 aliphatic carbocycles. The lowest BCUT2D eigenvalue weighted by Crippen LogP contribution is -2.32. The number of nitrogens with zero attached hydrogens (tertiary/aromatic N) is 4. The van der Waals surface area contributed by atoms with E-state index in [1.807, 2.05) is 5.38 Å². The molecule has 1 unspecified atom stereocenters. The third-order valence-corrected chi connectivity index (χ3v) is 5.01. The van der Waals surface area contributed by atoms with Crippen LogP contribution in [0.2, 0.25) is 0 Å². The lowest BCUT2D eigenvalue weighted by Gasteiger charge is -2.16. The SMILES string of the molecule is Cn1nc(-c2ccc(F)cc2)cc1C(=O)N1CCC(Oc2nccs2)C1. The maximum Gasteiger partial charge on any atom is 0.273 e. The van der Waals surface area contributed by atoms with Gasteiger partial charge >= 0.3 is 0 Å². The molecule has 6 nitrogen and oxygen atoms in total. The van der Waals surface area contributed by atoms with Crippen molar-refractivity contribution in [1.82, 2.24) is 19.7 Å². The highest BCUT2D eigenvalue weighted by molar-refractivity contribution is 7.11. The summed E-state index contributed by atoms with van der Waals surface area (Å²) in [4.78, 5) is 18.7.